The Balaban J connectivity index is 2.17. The van der Waals surface area contributed by atoms with Crippen molar-refractivity contribution in [3.05, 3.63) is 23.9 Å². The zero-order valence-corrected chi connectivity index (χ0v) is 9.71. The molecule has 0 saturated carbocycles. The summed E-state index contributed by atoms with van der Waals surface area (Å²) in [5.41, 5.74) is 5.99. The van der Waals surface area contributed by atoms with Crippen LogP contribution >= 0.6 is 0 Å². The predicted octanol–water partition coefficient (Wildman–Crippen LogP) is 0.401. The molecule has 0 radical (unpaired) electrons. The van der Waals surface area contributed by atoms with Crippen molar-refractivity contribution in [1.82, 2.24) is 4.98 Å². The minimum atomic E-state index is 0.0225. The van der Waals surface area contributed by atoms with Crippen molar-refractivity contribution < 1.29 is 9.94 Å². The maximum absolute atomic E-state index is 8.61. The molecule has 0 spiro atoms. The monoisotopic (exact) mass is 236 g/mol. The summed E-state index contributed by atoms with van der Waals surface area (Å²) in [6, 6.07) is 5.46. The fourth-order valence-corrected chi connectivity index (χ4v) is 1.92. The first-order valence-electron chi connectivity index (χ1n) is 5.47. The number of oxime groups is 1. The Morgan fingerprint density at radius 2 is 2.47 bits per heavy atom. The fraction of sp³-hybridized carbons (Fsp3) is 0.455. The summed E-state index contributed by atoms with van der Waals surface area (Å²) in [6.45, 7) is 1.73. The van der Waals surface area contributed by atoms with E-state index in [2.05, 4.69) is 15.0 Å². The number of pyridine rings is 1. The molecule has 0 amide bonds. The van der Waals surface area contributed by atoms with Crippen LogP contribution in [0.5, 0.6) is 0 Å². The third kappa shape index (κ3) is 2.47. The normalized spacial score (nSPS) is 20.9. The number of methoxy groups -OCH3 is 1. The largest absolute Gasteiger partial charge is 0.409 e. The van der Waals surface area contributed by atoms with E-state index in [0.717, 1.165) is 25.3 Å². The second-order valence-electron chi connectivity index (χ2n) is 3.96. The standard InChI is InChI=1S/C11H16N4O2/c1-17-8-5-6-15(7-8)10-4-2-3-9(13-10)11(12)14-16/h2-4,8,16H,5-7H2,1H3,(H2,12,14). The van der Waals surface area contributed by atoms with Crippen LogP contribution in [-0.4, -0.2) is 42.3 Å². The lowest BCUT2D eigenvalue weighted by Crippen LogP contribution is -2.24. The second kappa shape index (κ2) is 5.01. The molecule has 17 heavy (non-hydrogen) atoms. The Hall–Kier alpha value is -1.82. The van der Waals surface area contributed by atoms with E-state index in [4.69, 9.17) is 15.7 Å². The highest BCUT2D eigenvalue weighted by Crippen LogP contribution is 2.19. The lowest BCUT2D eigenvalue weighted by atomic mass is 10.3. The van der Waals surface area contributed by atoms with E-state index in [1.54, 1.807) is 13.2 Å². The molecule has 1 aromatic heterocycles. The molecule has 92 valence electrons. The minimum absolute atomic E-state index is 0.0225. The molecule has 1 atom stereocenters. The third-order valence-corrected chi connectivity index (χ3v) is 2.91. The number of amidine groups is 1. The average Bonchev–Trinajstić information content (AvgIpc) is 2.86. The van der Waals surface area contributed by atoms with Crippen LogP contribution in [0.15, 0.2) is 23.4 Å². The summed E-state index contributed by atoms with van der Waals surface area (Å²) in [5, 5.41) is 11.6. The first-order valence-corrected chi connectivity index (χ1v) is 5.47. The molecular formula is C11H16N4O2. The fourth-order valence-electron chi connectivity index (χ4n) is 1.92. The topological polar surface area (TPSA) is 84.0 Å². The van der Waals surface area contributed by atoms with Crippen LogP contribution in [0.1, 0.15) is 12.1 Å². The van der Waals surface area contributed by atoms with E-state index >= 15 is 0 Å². The number of nitrogens with zero attached hydrogens (tertiary/aromatic N) is 3. The van der Waals surface area contributed by atoms with E-state index in [0.29, 0.717) is 5.69 Å². The molecule has 2 rings (SSSR count). The summed E-state index contributed by atoms with van der Waals surface area (Å²) in [6.07, 6.45) is 1.25. The number of rotatable bonds is 3. The van der Waals surface area contributed by atoms with Crippen molar-refractivity contribution in [2.24, 2.45) is 10.9 Å². The molecule has 1 aliphatic rings. The van der Waals surface area contributed by atoms with Crippen LogP contribution in [0.3, 0.4) is 0 Å². The zero-order valence-electron chi connectivity index (χ0n) is 9.71. The van der Waals surface area contributed by atoms with Crippen LogP contribution in [0.25, 0.3) is 0 Å². The molecule has 1 unspecified atom stereocenters. The van der Waals surface area contributed by atoms with Gasteiger partial charge in [0.25, 0.3) is 0 Å². The number of aromatic nitrogens is 1. The van der Waals surface area contributed by atoms with Gasteiger partial charge in [0, 0.05) is 20.2 Å². The van der Waals surface area contributed by atoms with Crippen LogP contribution in [0.4, 0.5) is 5.82 Å². The van der Waals surface area contributed by atoms with Gasteiger partial charge in [-0.25, -0.2) is 4.98 Å². The third-order valence-electron chi connectivity index (χ3n) is 2.91. The van der Waals surface area contributed by atoms with Gasteiger partial charge in [0.05, 0.1) is 6.10 Å². The van der Waals surface area contributed by atoms with E-state index in [-0.39, 0.29) is 11.9 Å². The Morgan fingerprint density at radius 1 is 1.65 bits per heavy atom. The number of hydrogen-bond donors (Lipinski definition) is 2. The van der Waals surface area contributed by atoms with Gasteiger partial charge in [0.2, 0.25) is 0 Å². The van der Waals surface area contributed by atoms with Crippen molar-refractivity contribution >= 4 is 11.7 Å². The van der Waals surface area contributed by atoms with Gasteiger partial charge in [-0.05, 0) is 18.6 Å². The van der Waals surface area contributed by atoms with E-state index < -0.39 is 0 Å². The zero-order chi connectivity index (χ0) is 12.3. The molecule has 0 bridgehead atoms. The average molecular weight is 236 g/mol. The van der Waals surface area contributed by atoms with Crippen LogP contribution in [0, 0.1) is 0 Å². The van der Waals surface area contributed by atoms with E-state index in [9.17, 15) is 0 Å². The SMILES string of the molecule is COC1CCN(c2cccc(/C(N)=N/O)n2)C1. The smallest absolute Gasteiger partial charge is 0.188 e. The highest BCUT2D eigenvalue weighted by molar-refractivity contribution is 5.95. The summed E-state index contributed by atoms with van der Waals surface area (Å²) < 4.78 is 5.30. The Kier molecular flexibility index (Phi) is 3.43. The quantitative estimate of drug-likeness (QED) is 0.343. The number of hydrogen-bond acceptors (Lipinski definition) is 5. The summed E-state index contributed by atoms with van der Waals surface area (Å²) in [4.78, 5) is 6.48. The molecule has 6 nitrogen and oxygen atoms in total. The summed E-state index contributed by atoms with van der Waals surface area (Å²) in [5.74, 6) is 0.850. The van der Waals surface area contributed by atoms with Gasteiger partial charge in [-0.3, -0.25) is 0 Å². The second-order valence-corrected chi connectivity index (χ2v) is 3.96. The minimum Gasteiger partial charge on any atom is -0.409 e. The molecule has 1 aromatic rings. The maximum Gasteiger partial charge on any atom is 0.188 e. The molecule has 0 aromatic carbocycles. The molecular weight excluding hydrogens is 220 g/mol. The van der Waals surface area contributed by atoms with Gasteiger partial charge in [-0.2, -0.15) is 0 Å². The van der Waals surface area contributed by atoms with E-state index in [1.807, 2.05) is 12.1 Å². The van der Waals surface area contributed by atoms with Gasteiger partial charge in [0.1, 0.15) is 11.5 Å². The molecule has 2 heterocycles. The maximum atomic E-state index is 8.61. The number of nitrogens with two attached hydrogens (primary N) is 1. The van der Waals surface area contributed by atoms with Gasteiger partial charge >= 0.3 is 0 Å². The predicted molar refractivity (Wildman–Crippen MR) is 64.4 cm³/mol. The number of anilines is 1. The van der Waals surface area contributed by atoms with Crippen molar-refractivity contribution in [2.45, 2.75) is 12.5 Å². The van der Waals surface area contributed by atoms with Gasteiger partial charge in [0.15, 0.2) is 5.84 Å². The van der Waals surface area contributed by atoms with Crippen LogP contribution in [-0.2, 0) is 4.74 Å². The molecule has 1 aliphatic heterocycles. The van der Waals surface area contributed by atoms with Crippen molar-refractivity contribution in [3.8, 4) is 0 Å². The van der Waals surface area contributed by atoms with Crippen molar-refractivity contribution in [3.63, 3.8) is 0 Å². The van der Waals surface area contributed by atoms with Gasteiger partial charge in [-0.1, -0.05) is 11.2 Å². The first kappa shape index (κ1) is 11.7. The Labute approximate surface area is 99.7 Å². The van der Waals surface area contributed by atoms with Crippen LogP contribution < -0.4 is 10.6 Å². The molecule has 6 heteroatoms. The van der Waals surface area contributed by atoms with Crippen LogP contribution in [0.2, 0.25) is 0 Å². The molecule has 1 saturated heterocycles. The molecule has 0 aliphatic carbocycles. The number of ether oxygens (including phenoxy) is 1. The lowest BCUT2D eigenvalue weighted by Gasteiger charge is -2.17. The van der Waals surface area contributed by atoms with Crippen molar-refractivity contribution in [2.75, 3.05) is 25.1 Å². The highest BCUT2D eigenvalue weighted by atomic mass is 16.5. The lowest BCUT2D eigenvalue weighted by molar-refractivity contribution is 0.121. The van der Waals surface area contributed by atoms with E-state index in [1.165, 1.54) is 0 Å². The molecule has 1 fully saturated rings. The van der Waals surface area contributed by atoms with Gasteiger partial charge in [-0.15, -0.1) is 0 Å². The summed E-state index contributed by atoms with van der Waals surface area (Å²) >= 11 is 0. The Bertz CT molecular complexity index is 422. The Morgan fingerprint density at radius 3 is 3.12 bits per heavy atom. The molecule has 3 N–H and O–H groups in total. The van der Waals surface area contributed by atoms with Crippen molar-refractivity contribution in [1.29, 1.82) is 0 Å². The van der Waals surface area contributed by atoms with Gasteiger partial charge < -0.3 is 20.6 Å². The summed E-state index contributed by atoms with van der Waals surface area (Å²) in [7, 11) is 1.72. The first-order chi connectivity index (χ1) is 8.24. The highest BCUT2D eigenvalue weighted by Gasteiger charge is 2.23.